The van der Waals surface area contributed by atoms with Crippen molar-refractivity contribution in [3.63, 3.8) is 0 Å². The number of alkyl carbamates (subject to hydrolysis) is 1. The van der Waals surface area contributed by atoms with Crippen molar-refractivity contribution in [2.24, 2.45) is 0 Å². The molecule has 3 rings (SSSR count). The molecular formula is C20H22ClN3O5. The molecule has 8 nitrogen and oxygen atoms in total. The fourth-order valence-electron chi connectivity index (χ4n) is 2.96. The zero-order valence-corrected chi connectivity index (χ0v) is 16.6. The number of nitrogens with one attached hydrogen (secondary N) is 2. The summed E-state index contributed by atoms with van der Waals surface area (Å²) in [6, 6.07) is 11.8. The van der Waals surface area contributed by atoms with Gasteiger partial charge in [-0.25, -0.2) is 9.59 Å². The molecule has 3 aromatic rings. The highest BCUT2D eigenvalue weighted by atomic mass is 35.5. The number of carbonyl (C=O) groups excluding carboxylic acids is 2. The van der Waals surface area contributed by atoms with E-state index in [-0.39, 0.29) is 32.0 Å². The summed E-state index contributed by atoms with van der Waals surface area (Å²) < 4.78 is 9.99. The van der Waals surface area contributed by atoms with Gasteiger partial charge in [-0.3, -0.25) is 5.10 Å². The molecule has 0 aliphatic carbocycles. The standard InChI is InChI=1S/C20H21N3O5.ClH/c1-27-19(25)18(22-20(26)28-12-13-5-3-2-4-6-13)9-14-7-8-17-15(10-21-23-17)16(14)11-24;/h2-8,10,18,24H,9,11-12H2,1H3,(H,21,23)(H,22,26);1H/t18-;/m1./s1. The van der Waals surface area contributed by atoms with Crippen molar-refractivity contribution >= 4 is 35.4 Å². The second-order valence-electron chi connectivity index (χ2n) is 6.18. The molecule has 0 saturated heterocycles. The van der Waals surface area contributed by atoms with Gasteiger partial charge in [-0.05, 0) is 22.8 Å². The van der Waals surface area contributed by atoms with Gasteiger partial charge in [0.25, 0.3) is 0 Å². The number of halogens is 1. The van der Waals surface area contributed by atoms with Crippen molar-refractivity contribution in [3.8, 4) is 0 Å². The van der Waals surface area contributed by atoms with Crippen LogP contribution in [-0.4, -0.2) is 40.5 Å². The van der Waals surface area contributed by atoms with Crippen LogP contribution in [0.15, 0.2) is 48.7 Å². The number of nitrogens with zero attached hydrogens (tertiary/aromatic N) is 1. The third kappa shape index (κ3) is 5.46. The van der Waals surface area contributed by atoms with Gasteiger partial charge >= 0.3 is 12.1 Å². The number of aliphatic hydroxyl groups is 1. The van der Waals surface area contributed by atoms with Gasteiger partial charge in [-0.15, -0.1) is 12.4 Å². The van der Waals surface area contributed by atoms with Crippen LogP contribution in [0.1, 0.15) is 16.7 Å². The highest BCUT2D eigenvalue weighted by molar-refractivity contribution is 5.85. The topological polar surface area (TPSA) is 114 Å². The maximum absolute atomic E-state index is 12.2. The fraction of sp³-hybridized carbons (Fsp3) is 0.250. The van der Waals surface area contributed by atoms with Gasteiger partial charge in [-0.2, -0.15) is 5.10 Å². The summed E-state index contributed by atoms with van der Waals surface area (Å²) in [6.07, 6.45) is 1.03. The number of carbonyl (C=O) groups is 2. The molecule has 29 heavy (non-hydrogen) atoms. The quantitative estimate of drug-likeness (QED) is 0.507. The van der Waals surface area contributed by atoms with Crippen molar-refractivity contribution < 1.29 is 24.2 Å². The minimum absolute atomic E-state index is 0. The molecule has 1 amide bonds. The monoisotopic (exact) mass is 419 g/mol. The molecule has 9 heteroatoms. The third-order valence-electron chi connectivity index (χ3n) is 4.41. The van der Waals surface area contributed by atoms with Crippen molar-refractivity contribution in [1.29, 1.82) is 0 Å². The molecule has 0 saturated carbocycles. The summed E-state index contributed by atoms with van der Waals surface area (Å²) in [4.78, 5) is 24.3. The number of aromatic nitrogens is 2. The molecular weight excluding hydrogens is 398 g/mol. The number of methoxy groups -OCH3 is 1. The lowest BCUT2D eigenvalue weighted by Crippen LogP contribution is -2.43. The number of aromatic amines is 1. The zero-order valence-electron chi connectivity index (χ0n) is 15.8. The average Bonchev–Trinajstić information content (AvgIpc) is 3.20. The number of benzene rings is 2. The minimum atomic E-state index is -0.956. The Balaban J connectivity index is 0.00000300. The molecule has 0 aliphatic heterocycles. The molecule has 1 atom stereocenters. The summed E-state index contributed by atoms with van der Waals surface area (Å²) >= 11 is 0. The maximum Gasteiger partial charge on any atom is 0.408 e. The predicted molar refractivity (Wildman–Crippen MR) is 109 cm³/mol. The first-order valence-electron chi connectivity index (χ1n) is 8.72. The molecule has 0 spiro atoms. The lowest BCUT2D eigenvalue weighted by Gasteiger charge is -2.18. The SMILES string of the molecule is COC(=O)[C@@H](Cc1ccc2[nH]ncc2c1CO)NC(=O)OCc1ccccc1.Cl. The Hall–Kier alpha value is -3.10. The summed E-state index contributed by atoms with van der Waals surface area (Å²) in [5, 5.41) is 19.9. The first-order valence-corrected chi connectivity index (χ1v) is 8.72. The van der Waals surface area contributed by atoms with Gasteiger partial charge in [0, 0.05) is 11.8 Å². The highest BCUT2D eigenvalue weighted by Gasteiger charge is 2.24. The second kappa shape index (κ2) is 10.4. The fourth-order valence-corrected chi connectivity index (χ4v) is 2.96. The van der Waals surface area contributed by atoms with E-state index >= 15 is 0 Å². The number of rotatable bonds is 7. The Morgan fingerprint density at radius 3 is 2.66 bits per heavy atom. The molecule has 2 aromatic carbocycles. The zero-order chi connectivity index (χ0) is 19.9. The van der Waals surface area contributed by atoms with E-state index in [4.69, 9.17) is 9.47 Å². The number of fused-ring (bicyclic) bond motifs is 1. The van der Waals surface area contributed by atoms with Crippen LogP contribution in [-0.2, 0) is 33.9 Å². The summed E-state index contributed by atoms with van der Waals surface area (Å²) in [6.45, 7) is -0.137. The molecule has 0 aliphatic rings. The van der Waals surface area contributed by atoms with Gasteiger partial charge in [0.2, 0.25) is 0 Å². The van der Waals surface area contributed by atoms with E-state index in [1.807, 2.05) is 30.3 Å². The van der Waals surface area contributed by atoms with E-state index in [1.54, 1.807) is 18.3 Å². The van der Waals surface area contributed by atoms with E-state index in [0.29, 0.717) is 11.1 Å². The molecule has 0 unspecified atom stereocenters. The Kier molecular flexibility index (Phi) is 7.99. The van der Waals surface area contributed by atoms with Crippen LogP contribution >= 0.6 is 12.4 Å². The van der Waals surface area contributed by atoms with E-state index in [9.17, 15) is 14.7 Å². The van der Waals surface area contributed by atoms with E-state index < -0.39 is 18.1 Å². The molecule has 0 radical (unpaired) electrons. The van der Waals surface area contributed by atoms with E-state index in [1.165, 1.54) is 7.11 Å². The van der Waals surface area contributed by atoms with Crippen molar-refractivity contribution in [3.05, 3.63) is 65.4 Å². The van der Waals surface area contributed by atoms with Crippen LogP contribution in [0.25, 0.3) is 10.9 Å². The van der Waals surface area contributed by atoms with Gasteiger partial charge in [0.1, 0.15) is 12.6 Å². The van der Waals surface area contributed by atoms with Crippen LogP contribution in [0.4, 0.5) is 4.79 Å². The van der Waals surface area contributed by atoms with Crippen molar-refractivity contribution in [2.45, 2.75) is 25.7 Å². The van der Waals surface area contributed by atoms with Crippen LogP contribution in [0.5, 0.6) is 0 Å². The summed E-state index contributed by atoms with van der Waals surface area (Å²) in [7, 11) is 1.25. The molecule has 0 bridgehead atoms. The highest BCUT2D eigenvalue weighted by Crippen LogP contribution is 2.22. The van der Waals surface area contributed by atoms with Crippen molar-refractivity contribution in [1.82, 2.24) is 15.5 Å². The van der Waals surface area contributed by atoms with Crippen LogP contribution in [0.3, 0.4) is 0 Å². The minimum Gasteiger partial charge on any atom is -0.467 e. The number of hydrogen-bond donors (Lipinski definition) is 3. The number of H-pyrrole nitrogens is 1. The second-order valence-corrected chi connectivity index (χ2v) is 6.18. The molecule has 1 heterocycles. The van der Waals surface area contributed by atoms with Gasteiger partial charge in [0.05, 0.1) is 25.4 Å². The summed E-state index contributed by atoms with van der Waals surface area (Å²) in [5.41, 5.74) is 2.95. The smallest absolute Gasteiger partial charge is 0.408 e. The first-order chi connectivity index (χ1) is 13.6. The van der Waals surface area contributed by atoms with Crippen LogP contribution in [0.2, 0.25) is 0 Å². The molecule has 1 aromatic heterocycles. The van der Waals surface area contributed by atoms with Gasteiger partial charge in [-0.1, -0.05) is 36.4 Å². The number of amides is 1. The van der Waals surface area contributed by atoms with Gasteiger partial charge < -0.3 is 19.9 Å². The maximum atomic E-state index is 12.2. The largest absolute Gasteiger partial charge is 0.467 e. The molecule has 154 valence electrons. The van der Waals surface area contributed by atoms with Crippen LogP contribution < -0.4 is 5.32 Å². The number of esters is 1. The van der Waals surface area contributed by atoms with E-state index in [2.05, 4.69) is 15.5 Å². The number of hydrogen-bond acceptors (Lipinski definition) is 6. The average molecular weight is 420 g/mol. The Morgan fingerprint density at radius 1 is 1.21 bits per heavy atom. The summed E-state index contributed by atoms with van der Waals surface area (Å²) in [5.74, 6) is -0.604. The third-order valence-corrected chi connectivity index (χ3v) is 4.41. The Bertz CT molecular complexity index is 961. The van der Waals surface area contributed by atoms with Crippen molar-refractivity contribution in [2.75, 3.05) is 7.11 Å². The predicted octanol–water partition coefficient (Wildman–Crippen LogP) is 2.49. The van der Waals surface area contributed by atoms with E-state index in [0.717, 1.165) is 16.5 Å². The molecule has 3 N–H and O–H groups in total. The normalized spacial score (nSPS) is 11.4. The molecule has 0 fully saturated rings. The number of aliphatic hydroxyl groups excluding tert-OH is 1. The van der Waals surface area contributed by atoms with Crippen LogP contribution in [0, 0.1) is 0 Å². The lowest BCUT2D eigenvalue weighted by atomic mass is 9.98. The first kappa shape index (κ1) is 22.2. The Labute approximate surface area is 173 Å². The van der Waals surface area contributed by atoms with Gasteiger partial charge in [0.15, 0.2) is 0 Å². The Morgan fingerprint density at radius 2 is 1.97 bits per heavy atom. The number of ether oxygens (including phenoxy) is 2. The lowest BCUT2D eigenvalue weighted by molar-refractivity contribution is -0.143.